The molecule has 18 heavy (non-hydrogen) atoms. The number of hydrogen-bond acceptors (Lipinski definition) is 1. The first-order valence-corrected chi connectivity index (χ1v) is 6.56. The van der Waals surface area contributed by atoms with E-state index in [0.717, 1.165) is 23.9 Å². The predicted octanol–water partition coefficient (Wildman–Crippen LogP) is -0.819. The van der Waals surface area contributed by atoms with Crippen LogP contribution in [0, 0.1) is 0 Å². The third-order valence-corrected chi connectivity index (χ3v) is 4.30. The molecule has 1 fully saturated rings. The van der Waals surface area contributed by atoms with Gasteiger partial charge in [0.15, 0.2) is 0 Å². The fraction of sp³-hybridized carbons (Fsp3) is 0.600. The summed E-state index contributed by atoms with van der Waals surface area (Å²) in [7, 11) is 4.58. The van der Waals surface area contributed by atoms with E-state index in [1.54, 1.807) is 0 Å². The number of likely N-dealkylation sites (tertiary alicyclic amines) is 1. The van der Waals surface area contributed by atoms with Crippen LogP contribution in [-0.4, -0.2) is 43.4 Å². The Morgan fingerprint density at radius 2 is 1.78 bits per heavy atom. The van der Waals surface area contributed by atoms with E-state index in [0.29, 0.717) is 0 Å². The lowest BCUT2D eigenvalue weighted by atomic mass is 9.75. The van der Waals surface area contributed by atoms with Crippen molar-refractivity contribution in [3.63, 3.8) is 0 Å². The fourth-order valence-electron chi connectivity index (χ4n) is 2.93. The van der Waals surface area contributed by atoms with Crippen LogP contribution in [-0.2, 0) is 5.41 Å². The smallest absolute Gasteiger partial charge is 0.0792 e. The van der Waals surface area contributed by atoms with E-state index in [9.17, 15) is 5.11 Å². The Balaban J connectivity index is 0.00000162. The summed E-state index contributed by atoms with van der Waals surface area (Å²) in [5.41, 5.74) is 1.30. The number of benzene rings is 1. The maximum absolute atomic E-state index is 9.88. The van der Waals surface area contributed by atoms with Gasteiger partial charge in [-0.2, -0.15) is 0 Å². The van der Waals surface area contributed by atoms with E-state index in [1.165, 1.54) is 18.5 Å². The molecule has 1 unspecified atom stereocenters. The van der Waals surface area contributed by atoms with E-state index in [-0.39, 0.29) is 29.0 Å². The molecule has 0 aromatic heterocycles. The Morgan fingerprint density at radius 1 is 1.11 bits per heavy atom. The van der Waals surface area contributed by atoms with Crippen LogP contribution < -0.4 is 17.0 Å². The highest BCUT2D eigenvalue weighted by molar-refractivity contribution is 5.25. The number of quaternary nitrogens is 1. The van der Waals surface area contributed by atoms with Gasteiger partial charge in [-0.05, 0) is 18.4 Å². The average molecular weight is 314 g/mol. The van der Waals surface area contributed by atoms with Crippen LogP contribution >= 0.6 is 0 Å². The van der Waals surface area contributed by atoms with Crippen molar-refractivity contribution in [2.75, 3.05) is 33.8 Å². The lowest BCUT2D eigenvalue weighted by Crippen LogP contribution is -3.00. The molecule has 1 aromatic carbocycles. The predicted molar refractivity (Wildman–Crippen MR) is 70.9 cm³/mol. The summed E-state index contributed by atoms with van der Waals surface area (Å²) in [5.74, 6) is 0. The van der Waals surface area contributed by atoms with Gasteiger partial charge < -0.3 is 26.6 Å². The van der Waals surface area contributed by atoms with Gasteiger partial charge in [0.25, 0.3) is 0 Å². The maximum Gasteiger partial charge on any atom is 0.0792 e. The standard InChI is InChI=1S/C15H24NO.BrH/c1-16(2)11-6-9-15(13-17,10-12-16)14-7-4-3-5-8-14;/h3-5,7-8,17H,6,9-13H2,1-2H3;1H/q+1;/p-1. The van der Waals surface area contributed by atoms with Crippen molar-refractivity contribution in [2.24, 2.45) is 0 Å². The Kier molecular flexibility index (Phi) is 5.38. The van der Waals surface area contributed by atoms with Gasteiger partial charge in [0, 0.05) is 11.8 Å². The van der Waals surface area contributed by atoms with Gasteiger partial charge in [-0.25, -0.2) is 0 Å². The molecule has 1 N–H and O–H groups in total. The molecule has 1 heterocycles. The first-order chi connectivity index (χ1) is 8.08. The zero-order chi connectivity index (χ0) is 12.4. The van der Waals surface area contributed by atoms with Gasteiger partial charge >= 0.3 is 0 Å². The molecule has 2 nitrogen and oxygen atoms in total. The molecule has 1 atom stereocenters. The van der Waals surface area contributed by atoms with Crippen LogP contribution in [0.3, 0.4) is 0 Å². The van der Waals surface area contributed by atoms with E-state index in [2.05, 4.69) is 38.4 Å². The summed E-state index contributed by atoms with van der Waals surface area (Å²) >= 11 is 0. The van der Waals surface area contributed by atoms with Crippen molar-refractivity contribution in [3.8, 4) is 0 Å². The average Bonchev–Trinajstić information content (AvgIpc) is 2.50. The molecular weight excluding hydrogens is 290 g/mol. The molecule has 0 bridgehead atoms. The number of aliphatic hydroxyl groups excluding tert-OH is 1. The molecule has 1 aliphatic rings. The number of halogens is 1. The monoisotopic (exact) mass is 313 g/mol. The summed E-state index contributed by atoms with van der Waals surface area (Å²) < 4.78 is 1.08. The van der Waals surface area contributed by atoms with Gasteiger partial charge in [-0.15, -0.1) is 0 Å². The van der Waals surface area contributed by atoms with Gasteiger partial charge in [0.2, 0.25) is 0 Å². The molecule has 0 amide bonds. The molecular formula is C15H24BrNO. The molecule has 3 heteroatoms. The van der Waals surface area contributed by atoms with Crippen molar-refractivity contribution >= 4 is 0 Å². The highest BCUT2D eigenvalue weighted by Gasteiger charge is 2.36. The van der Waals surface area contributed by atoms with Crippen molar-refractivity contribution in [2.45, 2.75) is 24.7 Å². The first kappa shape index (κ1) is 15.7. The Bertz CT molecular complexity index is 366. The number of nitrogens with zero attached hydrogens (tertiary/aromatic N) is 1. The van der Waals surface area contributed by atoms with Crippen LogP contribution in [0.4, 0.5) is 0 Å². The van der Waals surface area contributed by atoms with Gasteiger partial charge in [0.1, 0.15) is 0 Å². The molecule has 0 aliphatic carbocycles. The number of aliphatic hydroxyl groups is 1. The molecule has 0 spiro atoms. The lowest BCUT2D eigenvalue weighted by molar-refractivity contribution is -0.889. The van der Waals surface area contributed by atoms with Crippen LogP contribution in [0.25, 0.3) is 0 Å². The zero-order valence-corrected chi connectivity index (χ0v) is 13.0. The fourth-order valence-corrected chi connectivity index (χ4v) is 2.93. The molecule has 0 radical (unpaired) electrons. The Morgan fingerprint density at radius 3 is 2.39 bits per heavy atom. The van der Waals surface area contributed by atoms with Gasteiger partial charge in [-0.3, -0.25) is 0 Å². The summed E-state index contributed by atoms with van der Waals surface area (Å²) in [4.78, 5) is 0. The third kappa shape index (κ3) is 3.34. The Hall–Kier alpha value is -0.380. The second-order valence-corrected chi connectivity index (χ2v) is 6.04. The lowest BCUT2D eigenvalue weighted by Gasteiger charge is -2.32. The number of hydrogen-bond donors (Lipinski definition) is 1. The number of rotatable bonds is 2. The van der Waals surface area contributed by atoms with E-state index in [4.69, 9.17) is 0 Å². The van der Waals surface area contributed by atoms with Crippen molar-refractivity contribution in [1.29, 1.82) is 0 Å². The third-order valence-electron chi connectivity index (χ3n) is 4.30. The molecule has 1 aromatic rings. The molecule has 2 rings (SSSR count). The summed E-state index contributed by atoms with van der Waals surface area (Å²) in [5, 5.41) is 9.88. The highest BCUT2D eigenvalue weighted by atomic mass is 79.9. The minimum absolute atomic E-state index is 0. The second-order valence-electron chi connectivity index (χ2n) is 6.04. The second kappa shape index (κ2) is 6.18. The molecule has 102 valence electrons. The maximum atomic E-state index is 9.88. The normalized spacial score (nSPS) is 27.1. The van der Waals surface area contributed by atoms with Gasteiger partial charge in [0.05, 0.1) is 33.8 Å². The van der Waals surface area contributed by atoms with E-state index in [1.807, 2.05) is 6.07 Å². The first-order valence-electron chi connectivity index (χ1n) is 6.56. The molecule has 0 saturated carbocycles. The van der Waals surface area contributed by atoms with Gasteiger partial charge in [-0.1, -0.05) is 30.3 Å². The minimum Gasteiger partial charge on any atom is -1.00 e. The van der Waals surface area contributed by atoms with Crippen LogP contribution in [0.15, 0.2) is 30.3 Å². The summed E-state index contributed by atoms with van der Waals surface area (Å²) in [6.07, 6.45) is 3.39. The largest absolute Gasteiger partial charge is 1.00 e. The zero-order valence-electron chi connectivity index (χ0n) is 11.4. The van der Waals surface area contributed by atoms with Crippen molar-refractivity contribution in [3.05, 3.63) is 35.9 Å². The van der Waals surface area contributed by atoms with Crippen LogP contribution in [0.5, 0.6) is 0 Å². The molecule has 1 aliphatic heterocycles. The van der Waals surface area contributed by atoms with E-state index < -0.39 is 0 Å². The highest BCUT2D eigenvalue weighted by Crippen LogP contribution is 2.35. The van der Waals surface area contributed by atoms with Crippen LogP contribution in [0.2, 0.25) is 0 Å². The van der Waals surface area contributed by atoms with Crippen molar-refractivity contribution < 1.29 is 26.6 Å². The minimum atomic E-state index is -0.00667. The van der Waals surface area contributed by atoms with Crippen LogP contribution in [0.1, 0.15) is 24.8 Å². The summed E-state index contributed by atoms with van der Waals surface area (Å²) in [6.45, 7) is 2.64. The molecule has 1 saturated heterocycles. The SMILES string of the molecule is C[N+]1(C)CCCC(CO)(c2ccccc2)CC1.[Br-]. The van der Waals surface area contributed by atoms with E-state index >= 15 is 0 Å². The topological polar surface area (TPSA) is 20.2 Å². The Labute approximate surface area is 121 Å². The van der Waals surface area contributed by atoms with Crippen molar-refractivity contribution in [1.82, 2.24) is 0 Å². The quantitative estimate of drug-likeness (QED) is 0.708. The summed E-state index contributed by atoms with van der Waals surface area (Å²) in [6, 6.07) is 10.5.